The fraction of sp³-hybridized carbons (Fsp3) is 0.417. The van der Waals surface area contributed by atoms with E-state index in [1.165, 1.54) is 30.5 Å². The van der Waals surface area contributed by atoms with E-state index in [4.69, 9.17) is 14.2 Å². The molecule has 0 saturated carbocycles. The van der Waals surface area contributed by atoms with Gasteiger partial charge in [0.05, 0.1) is 40.0 Å². The molecule has 2 aromatic rings. The molecule has 1 aromatic carbocycles. The highest BCUT2D eigenvalue weighted by Gasteiger charge is 2.44. The second kappa shape index (κ2) is 10.4. The summed E-state index contributed by atoms with van der Waals surface area (Å²) < 4.78 is 16.0. The number of carbonyl (C=O) groups is 2. The van der Waals surface area contributed by atoms with Gasteiger partial charge in [0.15, 0.2) is 11.5 Å². The summed E-state index contributed by atoms with van der Waals surface area (Å²) in [7, 11) is 2.99. The van der Waals surface area contributed by atoms with Crippen LogP contribution in [-0.4, -0.2) is 70.2 Å². The van der Waals surface area contributed by atoms with Gasteiger partial charge in [0.25, 0.3) is 5.91 Å². The number of carbonyl (C=O) groups excluding carboxylic acids is 2. The van der Waals surface area contributed by atoms with Gasteiger partial charge in [-0.1, -0.05) is 17.9 Å². The highest BCUT2D eigenvalue weighted by atomic mass is 32.1. The first kappa shape index (κ1) is 23.3. The Morgan fingerprint density at radius 1 is 1.18 bits per heavy atom. The predicted octanol–water partition coefficient (Wildman–Crippen LogP) is 0.295. The van der Waals surface area contributed by atoms with Gasteiger partial charge in [0.1, 0.15) is 13.1 Å². The molecular weight excluding hydrogens is 444 g/mol. The molecule has 0 spiro atoms. The van der Waals surface area contributed by atoms with Crippen LogP contribution in [0, 0.1) is 0 Å². The first-order valence-corrected chi connectivity index (χ1v) is 11.9. The fourth-order valence-corrected chi connectivity index (χ4v) is 5.23. The maximum absolute atomic E-state index is 13.5. The van der Waals surface area contributed by atoms with Gasteiger partial charge >= 0.3 is 0 Å². The van der Waals surface area contributed by atoms with Gasteiger partial charge in [-0.05, 0) is 29.1 Å². The Bertz CT molecular complexity index is 1030. The van der Waals surface area contributed by atoms with Crippen LogP contribution in [0.25, 0.3) is 5.76 Å². The van der Waals surface area contributed by atoms with Crippen molar-refractivity contribution in [2.45, 2.75) is 12.5 Å². The molecule has 1 atom stereocenters. The van der Waals surface area contributed by atoms with E-state index in [0.29, 0.717) is 18.0 Å². The molecule has 8 nitrogen and oxygen atoms in total. The zero-order valence-electron chi connectivity index (χ0n) is 18.8. The fourth-order valence-electron chi connectivity index (χ4n) is 4.39. The number of ketones is 1. The zero-order valence-corrected chi connectivity index (χ0v) is 19.6. The van der Waals surface area contributed by atoms with E-state index in [1.807, 2.05) is 17.5 Å². The number of morpholine rings is 1. The first-order valence-electron chi connectivity index (χ1n) is 11.0. The van der Waals surface area contributed by atoms with Gasteiger partial charge in [-0.2, -0.15) is 0 Å². The van der Waals surface area contributed by atoms with E-state index >= 15 is 0 Å². The number of methoxy groups -OCH3 is 2. The molecule has 1 amide bonds. The average molecular weight is 473 g/mol. The summed E-state index contributed by atoms with van der Waals surface area (Å²) in [5, 5.41) is 15.4. The van der Waals surface area contributed by atoms with Crippen LogP contribution >= 0.6 is 11.3 Å². The molecule has 3 heterocycles. The normalized spacial score (nSPS) is 20.9. The number of hydrogen-bond donors (Lipinski definition) is 1. The molecule has 176 valence electrons. The van der Waals surface area contributed by atoms with Crippen molar-refractivity contribution >= 4 is 28.8 Å². The summed E-state index contributed by atoms with van der Waals surface area (Å²) in [4.78, 5) is 29.8. The zero-order chi connectivity index (χ0) is 23.4. The molecule has 0 aliphatic carbocycles. The van der Waals surface area contributed by atoms with Gasteiger partial charge in [0, 0.05) is 23.4 Å². The first-order chi connectivity index (χ1) is 16.0. The van der Waals surface area contributed by atoms with Crippen LogP contribution in [0.5, 0.6) is 11.5 Å². The number of hydrogen-bond acceptors (Lipinski definition) is 7. The summed E-state index contributed by atoms with van der Waals surface area (Å²) in [6, 6.07) is 7.80. The lowest BCUT2D eigenvalue weighted by molar-refractivity contribution is -0.908. The highest BCUT2D eigenvalue weighted by Crippen LogP contribution is 2.41. The lowest BCUT2D eigenvalue weighted by Crippen LogP contribution is -3.14. The molecule has 2 fully saturated rings. The van der Waals surface area contributed by atoms with Crippen molar-refractivity contribution in [3.8, 4) is 11.5 Å². The smallest absolute Gasteiger partial charge is 0.295 e. The molecular formula is C24H28N2O6S. The van der Waals surface area contributed by atoms with E-state index in [2.05, 4.69) is 0 Å². The van der Waals surface area contributed by atoms with Crippen LogP contribution in [0.4, 0.5) is 0 Å². The molecule has 2 aliphatic heterocycles. The summed E-state index contributed by atoms with van der Waals surface area (Å²) in [6.45, 7) is 4.67. The van der Waals surface area contributed by atoms with Crippen LogP contribution in [0.2, 0.25) is 0 Å². The Morgan fingerprint density at radius 2 is 1.94 bits per heavy atom. The van der Waals surface area contributed by atoms with Crippen LogP contribution < -0.4 is 19.5 Å². The molecule has 1 aromatic heterocycles. The molecule has 2 saturated heterocycles. The van der Waals surface area contributed by atoms with Crippen molar-refractivity contribution in [3.63, 3.8) is 0 Å². The molecule has 0 radical (unpaired) electrons. The summed E-state index contributed by atoms with van der Waals surface area (Å²) in [6.07, 6.45) is 0.744. The van der Waals surface area contributed by atoms with E-state index in [9.17, 15) is 14.7 Å². The third-order valence-electron chi connectivity index (χ3n) is 6.12. The Kier molecular flexibility index (Phi) is 7.32. The molecule has 9 heteroatoms. The Morgan fingerprint density at radius 3 is 2.61 bits per heavy atom. The lowest BCUT2D eigenvalue weighted by Gasteiger charge is -2.28. The number of amides is 1. The average Bonchev–Trinajstić information content (AvgIpc) is 3.46. The van der Waals surface area contributed by atoms with Crippen LogP contribution in [0.1, 0.15) is 22.9 Å². The molecule has 2 aliphatic rings. The quantitative estimate of drug-likeness (QED) is 0.337. The third kappa shape index (κ3) is 4.75. The minimum absolute atomic E-state index is 0.00612. The number of rotatable bonds is 8. The molecule has 4 rings (SSSR count). The molecule has 1 N–H and O–H groups in total. The van der Waals surface area contributed by atoms with E-state index in [-0.39, 0.29) is 11.1 Å². The van der Waals surface area contributed by atoms with E-state index in [0.717, 1.165) is 44.1 Å². The van der Waals surface area contributed by atoms with E-state index in [1.54, 1.807) is 23.1 Å². The maximum atomic E-state index is 13.5. The number of thiophene rings is 1. The predicted molar refractivity (Wildman–Crippen MR) is 121 cm³/mol. The molecule has 1 unspecified atom stereocenters. The molecule has 33 heavy (non-hydrogen) atoms. The van der Waals surface area contributed by atoms with Crippen molar-refractivity contribution in [2.75, 3.05) is 53.6 Å². The van der Waals surface area contributed by atoms with Gasteiger partial charge in [-0.25, -0.2) is 0 Å². The van der Waals surface area contributed by atoms with Gasteiger partial charge in [0.2, 0.25) is 5.78 Å². The van der Waals surface area contributed by atoms with Crippen LogP contribution in [0.3, 0.4) is 0 Å². The van der Waals surface area contributed by atoms with Crippen molar-refractivity contribution in [3.05, 3.63) is 51.7 Å². The van der Waals surface area contributed by atoms with Crippen molar-refractivity contribution < 1.29 is 33.8 Å². The number of benzene rings is 1. The number of ether oxygens (including phenoxy) is 3. The van der Waals surface area contributed by atoms with Gasteiger partial charge in [-0.15, -0.1) is 11.3 Å². The number of Topliss-reactive ketones (excluding diaryl/α,β-unsaturated/α-hetero) is 1. The number of likely N-dealkylation sites (tertiary alicyclic amines) is 1. The Hall–Kier alpha value is -2.88. The van der Waals surface area contributed by atoms with Crippen molar-refractivity contribution in [1.29, 1.82) is 0 Å². The largest absolute Gasteiger partial charge is 0.872 e. The Balaban J connectivity index is 1.65. The highest BCUT2D eigenvalue weighted by molar-refractivity contribution is 7.10. The summed E-state index contributed by atoms with van der Waals surface area (Å²) in [5.74, 6) is -0.941. The summed E-state index contributed by atoms with van der Waals surface area (Å²) >= 11 is 1.43. The monoisotopic (exact) mass is 472 g/mol. The Labute approximate surface area is 197 Å². The van der Waals surface area contributed by atoms with Crippen molar-refractivity contribution in [2.24, 2.45) is 0 Å². The maximum Gasteiger partial charge on any atom is 0.295 e. The SMILES string of the molecule is COc1ccc(C([O-])=C2C(=O)C(=O)N(CCC[NH+]3CCOCC3)C2c2cccs2)cc1OC. The minimum atomic E-state index is -0.730. The number of nitrogens with one attached hydrogen (secondary N) is 1. The third-order valence-corrected chi connectivity index (χ3v) is 7.04. The number of nitrogens with zero attached hydrogens (tertiary/aromatic N) is 1. The van der Waals surface area contributed by atoms with E-state index < -0.39 is 23.5 Å². The number of quaternary nitrogens is 1. The van der Waals surface area contributed by atoms with Crippen LogP contribution in [0.15, 0.2) is 41.3 Å². The van der Waals surface area contributed by atoms with Crippen LogP contribution in [-0.2, 0) is 14.3 Å². The second-order valence-electron chi connectivity index (χ2n) is 8.02. The topological polar surface area (TPSA) is 92.6 Å². The second-order valence-corrected chi connectivity index (χ2v) is 9.00. The standard InChI is InChI=1S/C24H28N2O6S/c1-30-17-7-6-16(15-18(17)31-2)22(27)20-21(19-5-3-14-33-19)26(24(29)23(20)28)9-4-8-25-10-12-32-13-11-25/h3,5-7,14-15,21,27H,4,8-13H2,1-2H3. The minimum Gasteiger partial charge on any atom is -0.872 e. The van der Waals surface area contributed by atoms with Crippen molar-refractivity contribution in [1.82, 2.24) is 4.90 Å². The lowest BCUT2D eigenvalue weighted by atomic mass is 9.99. The molecule has 0 bridgehead atoms. The van der Waals surface area contributed by atoms with Gasteiger partial charge < -0.3 is 29.1 Å². The van der Waals surface area contributed by atoms with Gasteiger partial charge in [-0.3, -0.25) is 9.59 Å². The summed E-state index contributed by atoms with van der Waals surface area (Å²) in [5.41, 5.74) is 0.276.